The third kappa shape index (κ3) is 5.09. The van der Waals surface area contributed by atoms with Gasteiger partial charge in [-0.3, -0.25) is 4.72 Å². The average Bonchev–Trinajstić information content (AvgIpc) is 3.24. The maximum atomic E-state index is 13.3. The van der Waals surface area contributed by atoms with Crippen molar-refractivity contribution in [2.24, 2.45) is 0 Å². The van der Waals surface area contributed by atoms with Gasteiger partial charge in [-0.15, -0.1) is 11.3 Å². The highest BCUT2D eigenvalue weighted by molar-refractivity contribution is 8.01. The van der Waals surface area contributed by atoms with Crippen LogP contribution in [0.3, 0.4) is 0 Å². The number of pyridine rings is 1. The molecule has 4 nitrogen and oxygen atoms in total. The fraction of sp³-hybridized carbons (Fsp3) is 0.125. The standard InChI is InChI=1S/C24H20F3N3OS2/c1-3-21-29-22(16-8-7-9-18(14-16)24(25,26)27)23(32-21)17-12-13-28-20(15-17)30-33(2,31)19-10-5-4-6-11-19/h4-15H,2-3H2,1H3,(H,28,30,31). The van der Waals surface area contributed by atoms with Crippen LogP contribution in [0.25, 0.3) is 21.7 Å². The molecular formula is C24H20F3N3OS2. The number of nitrogens with zero attached hydrogens (tertiary/aromatic N) is 2. The summed E-state index contributed by atoms with van der Waals surface area (Å²) in [5, 5.41) is 0.800. The van der Waals surface area contributed by atoms with Gasteiger partial charge in [-0.2, -0.15) is 13.2 Å². The molecule has 1 unspecified atom stereocenters. The van der Waals surface area contributed by atoms with E-state index in [4.69, 9.17) is 0 Å². The Balaban J connectivity index is 1.75. The van der Waals surface area contributed by atoms with Gasteiger partial charge in [-0.1, -0.05) is 37.3 Å². The third-order valence-electron chi connectivity index (χ3n) is 4.85. The van der Waals surface area contributed by atoms with Crippen LogP contribution in [0.15, 0.2) is 77.8 Å². The van der Waals surface area contributed by atoms with Gasteiger partial charge in [0.2, 0.25) is 0 Å². The van der Waals surface area contributed by atoms with Crippen molar-refractivity contribution in [3.05, 3.63) is 83.5 Å². The summed E-state index contributed by atoms with van der Waals surface area (Å²) >= 11 is 1.41. The molecule has 0 fully saturated rings. The minimum Gasteiger partial charge on any atom is -0.294 e. The number of anilines is 1. The molecule has 0 bridgehead atoms. The van der Waals surface area contributed by atoms with Gasteiger partial charge in [0.25, 0.3) is 0 Å². The van der Waals surface area contributed by atoms with Crippen LogP contribution < -0.4 is 4.72 Å². The second-order valence-corrected chi connectivity index (χ2v) is 10.3. The lowest BCUT2D eigenvalue weighted by molar-refractivity contribution is -0.137. The quantitative estimate of drug-likeness (QED) is 0.314. The summed E-state index contributed by atoms with van der Waals surface area (Å²) in [5.41, 5.74) is 0.833. The number of halogens is 3. The molecule has 2 heterocycles. The molecule has 4 rings (SSSR count). The van der Waals surface area contributed by atoms with Gasteiger partial charge in [0, 0.05) is 16.7 Å². The lowest BCUT2D eigenvalue weighted by Gasteiger charge is -2.13. The van der Waals surface area contributed by atoms with Crippen LogP contribution in [0.1, 0.15) is 17.5 Å². The number of alkyl halides is 3. The first-order valence-electron chi connectivity index (χ1n) is 10.0. The van der Waals surface area contributed by atoms with Crippen molar-refractivity contribution in [2.45, 2.75) is 24.4 Å². The van der Waals surface area contributed by atoms with E-state index in [0.29, 0.717) is 38.8 Å². The highest BCUT2D eigenvalue weighted by Crippen LogP contribution is 2.39. The molecule has 0 spiro atoms. The van der Waals surface area contributed by atoms with Gasteiger partial charge >= 0.3 is 6.18 Å². The van der Waals surface area contributed by atoms with Crippen molar-refractivity contribution in [1.29, 1.82) is 0 Å². The predicted octanol–water partition coefficient (Wildman–Crippen LogP) is 6.56. The SMILES string of the molecule is C=S(=O)(Nc1cc(-c2sc(CC)nc2-c2cccc(C(F)(F)F)c2)ccn1)c1ccccc1. The Labute approximate surface area is 194 Å². The Kier molecular flexibility index (Phi) is 6.27. The van der Waals surface area contributed by atoms with Crippen LogP contribution in [0.2, 0.25) is 0 Å². The molecule has 0 aliphatic carbocycles. The van der Waals surface area contributed by atoms with E-state index in [2.05, 4.69) is 20.6 Å². The largest absolute Gasteiger partial charge is 0.416 e. The highest BCUT2D eigenvalue weighted by Gasteiger charge is 2.31. The molecule has 0 aliphatic heterocycles. The smallest absolute Gasteiger partial charge is 0.294 e. The summed E-state index contributed by atoms with van der Waals surface area (Å²) in [6.45, 7) is 1.94. The first-order valence-corrected chi connectivity index (χ1v) is 12.6. The fourth-order valence-electron chi connectivity index (χ4n) is 3.25. The van der Waals surface area contributed by atoms with Crippen LogP contribution >= 0.6 is 11.3 Å². The van der Waals surface area contributed by atoms with Gasteiger partial charge in [-0.05, 0) is 54.3 Å². The van der Waals surface area contributed by atoms with Gasteiger partial charge < -0.3 is 0 Å². The van der Waals surface area contributed by atoms with E-state index in [-0.39, 0.29) is 0 Å². The maximum absolute atomic E-state index is 13.3. The number of rotatable bonds is 6. The number of aryl methyl sites for hydroxylation is 1. The van der Waals surface area contributed by atoms with Crippen molar-refractivity contribution < 1.29 is 17.4 Å². The van der Waals surface area contributed by atoms with Crippen LogP contribution in [-0.4, -0.2) is 20.0 Å². The van der Waals surface area contributed by atoms with E-state index in [1.165, 1.54) is 17.4 Å². The topological polar surface area (TPSA) is 54.9 Å². The number of hydrogen-bond acceptors (Lipinski definition) is 4. The van der Waals surface area contributed by atoms with E-state index < -0.39 is 21.4 Å². The molecule has 2 aromatic carbocycles. The summed E-state index contributed by atoms with van der Waals surface area (Å²) in [4.78, 5) is 10.1. The molecule has 1 N–H and O–H groups in total. The Morgan fingerprint density at radius 2 is 1.79 bits per heavy atom. The van der Waals surface area contributed by atoms with Crippen LogP contribution in [0.5, 0.6) is 0 Å². The number of aromatic nitrogens is 2. The van der Waals surface area contributed by atoms with E-state index in [1.807, 2.05) is 13.0 Å². The monoisotopic (exact) mass is 487 g/mol. The molecule has 9 heteroatoms. The van der Waals surface area contributed by atoms with Crippen molar-refractivity contribution in [2.75, 3.05) is 4.72 Å². The zero-order valence-corrected chi connectivity index (χ0v) is 19.2. The Morgan fingerprint density at radius 1 is 1.03 bits per heavy atom. The molecule has 1 atom stereocenters. The van der Waals surface area contributed by atoms with Gasteiger partial charge in [0.05, 0.1) is 30.8 Å². The normalized spacial score (nSPS) is 13.5. The van der Waals surface area contributed by atoms with Crippen molar-refractivity contribution in [3.8, 4) is 21.7 Å². The first-order chi connectivity index (χ1) is 15.7. The van der Waals surface area contributed by atoms with Crippen molar-refractivity contribution in [1.82, 2.24) is 9.97 Å². The second-order valence-electron chi connectivity index (χ2n) is 7.24. The summed E-state index contributed by atoms with van der Waals surface area (Å²) in [7, 11) is -2.85. The van der Waals surface area contributed by atoms with Crippen LogP contribution in [-0.2, 0) is 22.3 Å². The second kappa shape index (κ2) is 8.99. The van der Waals surface area contributed by atoms with E-state index in [0.717, 1.165) is 17.1 Å². The summed E-state index contributed by atoms with van der Waals surface area (Å²) in [6, 6.07) is 17.4. The minimum absolute atomic E-state index is 0.345. The number of hydrogen-bond donors (Lipinski definition) is 1. The Hall–Kier alpha value is -3.17. The molecule has 2 aromatic heterocycles. The minimum atomic E-state index is -4.45. The lowest BCUT2D eigenvalue weighted by Crippen LogP contribution is -2.13. The summed E-state index contributed by atoms with van der Waals surface area (Å²) in [6.07, 6.45) is -2.24. The summed E-state index contributed by atoms with van der Waals surface area (Å²) < 4.78 is 55.8. The summed E-state index contributed by atoms with van der Waals surface area (Å²) in [5.74, 6) is 4.16. The number of nitrogens with one attached hydrogen (secondary N) is 1. The number of benzene rings is 2. The molecule has 0 saturated heterocycles. The lowest BCUT2D eigenvalue weighted by atomic mass is 10.0. The van der Waals surface area contributed by atoms with Gasteiger partial charge in [0.1, 0.15) is 5.82 Å². The van der Waals surface area contributed by atoms with Gasteiger partial charge in [0.15, 0.2) is 0 Å². The highest BCUT2D eigenvalue weighted by atomic mass is 32.2. The first kappa shape index (κ1) is 23.0. The molecule has 33 heavy (non-hydrogen) atoms. The van der Waals surface area contributed by atoms with E-state index in [9.17, 15) is 17.4 Å². The fourth-order valence-corrected chi connectivity index (χ4v) is 5.43. The average molecular weight is 488 g/mol. The van der Waals surface area contributed by atoms with Crippen molar-refractivity contribution >= 4 is 32.7 Å². The van der Waals surface area contributed by atoms with Crippen LogP contribution in [0.4, 0.5) is 19.0 Å². The van der Waals surface area contributed by atoms with Crippen molar-refractivity contribution in [3.63, 3.8) is 0 Å². The third-order valence-corrected chi connectivity index (χ3v) is 7.67. The van der Waals surface area contributed by atoms with Gasteiger partial charge in [-0.25, -0.2) is 14.2 Å². The molecule has 0 amide bonds. The Bertz CT molecular complexity index is 1380. The molecule has 0 radical (unpaired) electrons. The van der Waals surface area contributed by atoms with E-state index in [1.54, 1.807) is 48.7 Å². The molecule has 0 aliphatic rings. The zero-order chi connectivity index (χ0) is 23.6. The molecular weight excluding hydrogens is 467 g/mol. The maximum Gasteiger partial charge on any atom is 0.416 e. The van der Waals surface area contributed by atoms with Crippen LogP contribution in [0, 0.1) is 0 Å². The predicted molar refractivity (Wildman–Crippen MR) is 129 cm³/mol. The molecule has 170 valence electrons. The zero-order valence-electron chi connectivity index (χ0n) is 17.6. The van der Waals surface area contributed by atoms with E-state index >= 15 is 0 Å². The number of thiazole rings is 1. The Morgan fingerprint density at radius 3 is 2.48 bits per heavy atom. The molecule has 0 saturated carbocycles. The molecule has 4 aromatic rings.